The number of anilines is 1. The Morgan fingerprint density at radius 2 is 1.91 bits per heavy atom. The van der Waals surface area contributed by atoms with E-state index in [1.165, 1.54) is 4.88 Å². The van der Waals surface area contributed by atoms with Crippen molar-refractivity contribution in [1.29, 1.82) is 0 Å². The first-order valence-electron chi connectivity index (χ1n) is 11.6. The van der Waals surface area contributed by atoms with Gasteiger partial charge in [-0.15, -0.1) is 11.3 Å². The van der Waals surface area contributed by atoms with Crippen LogP contribution in [0.5, 0.6) is 0 Å². The lowest BCUT2D eigenvalue weighted by Crippen LogP contribution is -2.34. The van der Waals surface area contributed by atoms with Gasteiger partial charge in [0.25, 0.3) is 0 Å². The van der Waals surface area contributed by atoms with Crippen LogP contribution in [0.4, 0.5) is 5.00 Å². The highest BCUT2D eigenvalue weighted by Crippen LogP contribution is 2.35. The van der Waals surface area contributed by atoms with Crippen LogP contribution in [-0.4, -0.2) is 38.8 Å². The number of nitrogens with one attached hydrogen (secondary N) is 1. The number of hydrogen-bond donors (Lipinski definition) is 1. The number of hydrogen-bond acceptors (Lipinski definition) is 6. The van der Waals surface area contributed by atoms with E-state index in [0.717, 1.165) is 65.7 Å². The van der Waals surface area contributed by atoms with Crippen LogP contribution in [-0.2, 0) is 11.3 Å². The molecule has 34 heavy (non-hydrogen) atoms. The van der Waals surface area contributed by atoms with Crippen molar-refractivity contribution in [2.24, 2.45) is 0 Å². The molecule has 6 nitrogen and oxygen atoms in total. The van der Waals surface area contributed by atoms with E-state index < -0.39 is 0 Å². The van der Waals surface area contributed by atoms with Crippen LogP contribution >= 0.6 is 11.3 Å². The fourth-order valence-corrected chi connectivity index (χ4v) is 5.53. The molecule has 4 aromatic rings. The number of likely N-dealkylation sites (tertiary alicyclic amines) is 1. The molecule has 1 fully saturated rings. The summed E-state index contributed by atoms with van der Waals surface area (Å²) in [7, 11) is 0. The molecular weight excluding hydrogens is 442 g/mol. The minimum absolute atomic E-state index is 0.0337. The van der Waals surface area contributed by atoms with E-state index in [1.54, 1.807) is 30.7 Å². The third-order valence-corrected chi connectivity index (χ3v) is 7.06. The maximum Gasteiger partial charge on any atom is 0.221 e. The van der Waals surface area contributed by atoms with Gasteiger partial charge < -0.3 is 5.32 Å². The molecule has 1 N–H and O–H groups in total. The van der Waals surface area contributed by atoms with E-state index >= 15 is 0 Å². The molecule has 0 spiro atoms. The van der Waals surface area contributed by atoms with Crippen molar-refractivity contribution in [3.05, 3.63) is 83.8 Å². The predicted molar refractivity (Wildman–Crippen MR) is 137 cm³/mol. The molecule has 5 rings (SSSR count). The Morgan fingerprint density at radius 1 is 1.09 bits per heavy atom. The molecule has 1 saturated heterocycles. The highest BCUT2D eigenvalue weighted by molar-refractivity contribution is 7.16. The number of carbonyl (C=O) groups is 1. The van der Waals surface area contributed by atoms with Crippen LogP contribution in [0.2, 0.25) is 0 Å². The van der Waals surface area contributed by atoms with Crippen molar-refractivity contribution in [1.82, 2.24) is 19.9 Å². The summed E-state index contributed by atoms with van der Waals surface area (Å²) in [4.78, 5) is 29.1. The molecule has 172 valence electrons. The Balaban J connectivity index is 1.42. The zero-order valence-corrected chi connectivity index (χ0v) is 20.0. The van der Waals surface area contributed by atoms with Gasteiger partial charge in [0.05, 0.1) is 10.7 Å². The van der Waals surface area contributed by atoms with Crippen LogP contribution in [0.1, 0.15) is 36.3 Å². The van der Waals surface area contributed by atoms with Crippen molar-refractivity contribution in [2.75, 3.05) is 18.4 Å². The number of nitrogens with zero attached hydrogens (tertiary/aromatic N) is 4. The number of pyridine rings is 1. The summed E-state index contributed by atoms with van der Waals surface area (Å²) < 4.78 is 0. The maximum atomic E-state index is 11.4. The van der Waals surface area contributed by atoms with E-state index in [0.29, 0.717) is 5.92 Å². The quantitative estimate of drug-likeness (QED) is 0.398. The molecule has 0 saturated carbocycles. The fourth-order valence-electron chi connectivity index (χ4n) is 4.53. The van der Waals surface area contributed by atoms with Crippen LogP contribution in [0.3, 0.4) is 0 Å². The van der Waals surface area contributed by atoms with Crippen LogP contribution in [0.15, 0.2) is 73.2 Å². The summed E-state index contributed by atoms with van der Waals surface area (Å²) in [6.45, 7) is 4.43. The molecule has 1 amide bonds. The minimum Gasteiger partial charge on any atom is -0.318 e. The first-order valence-corrected chi connectivity index (χ1v) is 12.4. The molecule has 0 unspecified atom stereocenters. The van der Waals surface area contributed by atoms with Gasteiger partial charge in [-0.1, -0.05) is 30.3 Å². The lowest BCUT2D eigenvalue weighted by Gasteiger charge is -2.33. The summed E-state index contributed by atoms with van der Waals surface area (Å²) in [5.41, 5.74) is 4.35. The predicted octanol–water partition coefficient (Wildman–Crippen LogP) is 5.61. The molecule has 0 aliphatic carbocycles. The number of rotatable bonds is 6. The molecule has 1 aliphatic rings. The first kappa shape index (κ1) is 22.4. The van der Waals surface area contributed by atoms with Gasteiger partial charge in [0, 0.05) is 60.5 Å². The van der Waals surface area contributed by atoms with Gasteiger partial charge in [0.2, 0.25) is 5.91 Å². The van der Waals surface area contributed by atoms with Gasteiger partial charge in [0.1, 0.15) is 0 Å². The largest absolute Gasteiger partial charge is 0.318 e. The Kier molecular flexibility index (Phi) is 6.74. The molecule has 7 heteroatoms. The highest BCUT2D eigenvalue weighted by Gasteiger charge is 2.26. The molecule has 4 heterocycles. The van der Waals surface area contributed by atoms with Gasteiger partial charge in [-0.25, -0.2) is 9.97 Å². The number of piperidine rings is 1. The Hall–Kier alpha value is -3.42. The number of benzene rings is 1. The van der Waals surface area contributed by atoms with Gasteiger partial charge in [-0.2, -0.15) is 0 Å². The van der Waals surface area contributed by atoms with Gasteiger partial charge in [-0.05, 0) is 49.2 Å². The highest BCUT2D eigenvalue weighted by atomic mass is 32.1. The van der Waals surface area contributed by atoms with Gasteiger partial charge in [-0.3, -0.25) is 14.7 Å². The minimum atomic E-state index is -0.0337. The molecule has 0 radical (unpaired) electrons. The Morgan fingerprint density at radius 3 is 2.71 bits per heavy atom. The Bertz CT molecular complexity index is 1260. The van der Waals surface area contributed by atoms with Crippen LogP contribution in [0, 0.1) is 0 Å². The summed E-state index contributed by atoms with van der Waals surface area (Å²) in [5.74, 6) is 1.03. The molecule has 1 atom stereocenters. The van der Waals surface area contributed by atoms with Crippen LogP contribution < -0.4 is 5.32 Å². The lowest BCUT2D eigenvalue weighted by molar-refractivity contribution is -0.114. The second kappa shape index (κ2) is 10.2. The van der Waals surface area contributed by atoms with E-state index in [9.17, 15) is 4.79 Å². The summed E-state index contributed by atoms with van der Waals surface area (Å²) in [6, 6.07) is 18.4. The topological polar surface area (TPSA) is 71.0 Å². The first-order chi connectivity index (χ1) is 16.7. The third-order valence-electron chi connectivity index (χ3n) is 6.07. The van der Waals surface area contributed by atoms with E-state index in [2.05, 4.69) is 45.5 Å². The fraction of sp³-hybridized carbons (Fsp3) is 0.259. The van der Waals surface area contributed by atoms with Crippen molar-refractivity contribution in [3.63, 3.8) is 0 Å². The van der Waals surface area contributed by atoms with E-state index in [-0.39, 0.29) is 5.91 Å². The second-order valence-corrected chi connectivity index (χ2v) is 9.78. The zero-order chi connectivity index (χ0) is 23.3. The average Bonchev–Trinajstić information content (AvgIpc) is 3.30. The smallest absolute Gasteiger partial charge is 0.221 e. The summed E-state index contributed by atoms with van der Waals surface area (Å²) >= 11 is 1.65. The number of aromatic nitrogens is 3. The van der Waals surface area contributed by atoms with Crippen LogP contribution in [0.25, 0.3) is 22.5 Å². The van der Waals surface area contributed by atoms with Crippen molar-refractivity contribution in [2.45, 2.75) is 32.2 Å². The number of thiophene rings is 1. The SMILES string of the molecule is CC(=O)Nc1ccc(CN2CCC[C@H](c3nc(-c4ccncc4)ncc3-c3ccccc3)C2)s1. The van der Waals surface area contributed by atoms with Gasteiger partial charge >= 0.3 is 0 Å². The van der Waals surface area contributed by atoms with Crippen molar-refractivity contribution in [3.8, 4) is 22.5 Å². The molecule has 0 bridgehead atoms. The average molecular weight is 470 g/mol. The summed E-state index contributed by atoms with van der Waals surface area (Å²) in [6.07, 6.45) is 7.76. The second-order valence-electron chi connectivity index (χ2n) is 8.62. The molecule has 3 aromatic heterocycles. The monoisotopic (exact) mass is 469 g/mol. The van der Waals surface area contributed by atoms with E-state index in [1.807, 2.05) is 30.5 Å². The van der Waals surface area contributed by atoms with E-state index in [4.69, 9.17) is 9.97 Å². The molecular formula is C27H27N5OS. The Labute approximate surface area is 203 Å². The standard InChI is InChI=1S/C27H27N5OS/c1-19(33)30-25-10-9-23(34-25)18-32-15-5-8-22(17-32)26-24(20-6-3-2-4-7-20)16-29-27(31-26)21-11-13-28-14-12-21/h2-4,6-7,9-14,16,22H,5,8,15,17-18H2,1H3,(H,30,33)/t22-/m0/s1. The maximum absolute atomic E-state index is 11.4. The molecule has 1 aliphatic heterocycles. The number of amides is 1. The van der Waals surface area contributed by atoms with Crippen molar-refractivity contribution >= 4 is 22.2 Å². The van der Waals surface area contributed by atoms with Crippen molar-refractivity contribution < 1.29 is 4.79 Å². The zero-order valence-electron chi connectivity index (χ0n) is 19.1. The lowest BCUT2D eigenvalue weighted by atomic mass is 9.89. The van der Waals surface area contributed by atoms with Gasteiger partial charge in [0.15, 0.2) is 5.82 Å². The third kappa shape index (κ3) is 5.21. The molecule has 1 aromatic carbocycles. The normalized spacial score (nSPS) is 16.3. The summed E-state index contributed by atoms with van der Waals surface area (Å²) in [5, 5.41) is 3.79. The number of carbonyl (C=O) groups excluding carboxylic acids is 1.